The van der Waals surface area contributed by atoms with E-state index in [1.807, 2.05) is 19.1 Å². The van der Waals surface area contributed by atoms with Gasteiger partial charge in [0.2, 0.25) is 5.91 Å². The van der Waals surface area contributed by atoms with Crippen LogP contribution in [-0.2, 0) is 19.4 Å². The summed E-state index contributed by atoms with van der Waals surface area (Å²) in [6, 6.07) is 9.64. The minimum absolute atomic E-state index is 0.148. The van der Waals surface area contributed by atoms with E-state index in [1.54, 1.807) is 4.90 Å². The number of carbonyl (C=O) groups excluding carboxylic acids is 1. The molecule has 1 fully saturated rings. The van der Waals surface area contributed by atoms with E-state index in [0.717, 1.165) is 28.9 Å². The molecule has 1 aliphatic rings. The molecule has 182 valence electrons. The molecule has 0 spiro atoms. The summed E-state index contributed by atoms with van der Waals surface area (Å²) in [4.78, 5) is 22.0. The third kappa shape index (κ3) is 6.08. The van der Waals surface area contributed by atoms with Gasteiger partial charge in [-0.15, -0.1) is 0 Å². The number of rotatable bonds is 8. The first-order chi connectivity index (χ1) is 16.2. The number of amides is 1. The van der Waals surface area contributed by atoms with Gasteiger partial charge >= 0.3 is 0 Å². The summed E-state index contributed by atoms with van der Waals surface area (Å²) in [6.07, 6.45) is -0.149. The first-order valence-electron chi connectivity index (χ1n) is 10.9. The quantitative estimate of drug-likeness (QED) is 0.419. The highest BCUT2D eigenvalue weighted by Gasteiger charge is 2.24. The lowest BCUT2D eigenvalue weighted by Gasteiger charge is -2.29. The van der Waals surface area contributed by atoms with Crippen LogP contribution < -0.4 is 4.90 Å². The lowest BCUT2D eigenvalue weighted by Crippen LogP contribution is -2.43. The first-order valence-corrected chi connectivity index (χ1v) is 14.1. The highest BCUT2D eigenvalue weighted by atomic mass is 35.5. The van der Waals surface area contributed by atoms with Crippen LogP contribution >= 0.6 is 34.5 Å². The Hall–Kier alpha value is -1.75. The molecule has 3 aromatic rings. The smallest absolute Gasteiger partial charge is 0.229 e. The van der Waals surface area contributed by atoms with E-state index in [4.69, 9.17) is 32.9 Å². The van der Waals surface area contributed by atoms with E-state index < -0.39 is 9.84 Å². The number of carbonyl (C=O) groups is 1. The second-order valence-electron chi connectivity index (χ2n) is 8.09. The number of ether oxygens (including phenoxy) is 1. The third-order valence-corrected chi connectivity index (χ3v) is 8.90. The van der Waals surface area contributed by atoms with Gasteiger partial charge in [-0.3, -0.25) is 14.6 Å². The zero-order chi connectivity index (χ0) is 24.3. The van der Waals surface area contributed by atoms with Crippen molar-refractivity contribution in [2.75, 3.05) is 50.0 Å². The molecular weight excluding hydrogens is 517 g/mol. The van der Waals surface area contributed by atoms with E-state index in [2.05, 4.69) is 4.90 Å². The Labute approximate surface area is 213 Å². The van der Waals surface area contributed by atoms with Crippen LogP contribution in [0.15, 0.2) is 41.3 Å². The fourth-order valence-electron chi connectivity index (χ4n) is 3.77. The Morgan fingerprint density at radius 3 is 2.56 bits per heavy atom. The molecule has 0 radical (unpaired) electrons. The molecule has 7 nitrogen and oxygen atoms in total. The number of aryl methyl sites for hydroxylation is 1. The van der Waals surface area contributed by atoms with Crippen LogP contribution in [0.1, 0.15) is 12.0 Å². The van der Waals surface area contributed by atoms with Gasteiger partial charge in [-0.05, 0) is 48.9 Å². The summed E-state index contributed by atoms with van der Waals surface area (Å²) in [7, 11) is -3.63. The number of hydrogen-bond donors (Lipinski definition) is 0. The molecule has 11 heteroatoms. The Kier molecular flexibility index (Phi) is 8.12. The fourth-order valence-corrected chi connectivity index (χ4v) is 6.59. The van der Waals surface area contributed by atoms with Crippen molar-refractivity contribution in [3.63, 3.8) is 0 Å². The van der Waals surface area contributed by atoms with Gasteiger partial charge in [-0.2, -0.15) is 0 Å². The van der Waals surface area contributed by atoms with Gasteiger partial charge in [0.05, 0.1) is 34.1 Å². The maximum absolute atomic E-state index is 13.3. The molecule has 0 aliphatic carbocycles. The van der Waals surface area contributed by atoms with Crippen molar-refractivity contribution >= 4 is 65.6 Å². The summed E-state index contributed by atoms with van der Waals surface area (Å²) in [5.41, 5.74) is 1.72. The van der Waals surface area contributed by atoms with Crippen molar-refractivity contribution in [2.45, 2.75) is 18.2 Å². The number of aromatic nitrogens is 1. The molecule has 0 unspecified atom stereocenters. The third-order valence-electron chi connectivity index (χ3n) is 5.67. The van der Waals surface area contributed by atoms with E-state index in [1.165, 1.54) is 35.6 Å². The van der Waals surface area contributed by atoms with Crippen LogP contribution in [0.4, 0.5) is 5.13 Å². The van der Waals surface area contributed by atoms with E-state index in [0.29, 0.717) is 41.5 Å². The number of thiazole rings is 1. The molecule has 34 heavy (non-hydrogen) atoms. The molecule has 0 saturated carbocycles. The molecule has 0 bridgehead atoms. The summed E-state index contributed by atoms with van der Waals surface area (Å²) >= 11 is 13.5. The van der Waals surface area contributed by atoms with Gasteiger partial charge in [0, 0.05) is 42.6 Å². The average Bonchev–Trinajstić information content (AvgIpc) is 3.23. The minimum Gasteiger partial charge on any atom is -0.379 e. The van der Waals surface area contributed by atoms with Gasteiger partial charge in [0.25, 0.3) is 0 Å². The van der Waals surface area contributed by atoms with E-state index in [-0.39, 0.29) is 23.0 Å². The largest absolute Gasteiger partial charge is 0.379 e. The van der Waals surface area contributed by atoms with Crippen LogP contribution in [0, 0.1) is 6.92 Å². The monoisotopic (exact) mass is 541 g/mol. The molecule has 2 aromatic carbocycles. The predicted octanol–water partition coefficient (Wildman–Crippen LogP) is 4.44. The van der Waals surface area contributed by atoms with Gasteiger partial charge in [0.15, 0.2) is 15.0 Å². The Bertz CT molecular complexity index is 1270. The van der Waals surface area contributed by atoms with Crippen molar-refractivity contribution in [1.29, 1.82) is 0 Å². The van der Waals surface area contributed by atoms with Crippen LogP contribution in [0.3, 0.4) is 0 Å². The topological polar surface area (TPSA) is 79.8 Å². The summed E-state index contributed by atoms with van der Waals surface area (Å²) < 4.78 is 31.8. The number of morpholine rings is 1. The SMILES string of the molecule is Cc1cc(Cl)cc2sc(N(CCN3CCOCC3)C(=O)CCS(=O)(=O)c3ccc(Cl)cc3)nc12. The van der Waals surface area contributed by atoms with Crippen molar-refractivity contribution in [1.82, 2.24) is 9.88 Å². The summed E-state index contributed by atoms with van der Waals surface area (Å²) in [5, 5.41) is 1.61. The minimum atomic E-state index is -3.63. The number of benzene rings is 2. The Morgan fingerprint density at radius 2 is 1.85 bits per heavy atom. The van der Waals surface area contributed by atoms with Crippen molar-refractivity contribution in [3.05, 3.63) is 52.0 Å². The van der Waals surface area contributed by atoms with Gasteiger partial charge in [0.1, 0.15) is 0 Å². The molecule has 4 rings (SSSR count). The molecule has 1 aromatic heterocycles. The molecule has 2 heterocycles. The number of nitrogens with zero attached hydrogens (tertiary/aromatic N) is 3. The highest BCUT2D eigenvalue weighted by Crippen LogP contribution is 2.33. The van der Waals surface area contributed by atoms with Crippen molar-refractivity contribution < 1.29 is 17.9 Å². The second kappa shape index (κ2) is 10.9. The van der Waals surface area contributed by atoms with Crippen LogP contribution in [0.5, 0.6) is 0 Å². The van der Waals surface area contributed by atoms with Crippen molar-refractivity contribution in [2.24, 2.45) is 0 Å². The molecular formula is C23H25Cl2N3O4S2. The van der Waals surface area contributed by atoms with Gasteiger partial charge in [-0.25, -0.2) is 13.4 Å². The summed E-state index contributed by atoms with van der Waals surface area (Å²) in [6.45, 7) is 5.89. The highest BCUT2D eigenvalue weighted by molar-refractivity contribution is 7.91. The molecule has 1 amide bonds. The first kappa shape index (κ1) is 25.3. The Balaban J connectivity index is 1.55. The molecule has 1 saturated heterocycles. The van der Waals surface area contributed by atoms with Crippen LogP contribution in [0.2, 0.25) is 10.0 Å². The zero-order valence-corrected chi connectivity index (χ0v) is 21.8. The Morgan fingerprint density at radius 1 is 1.15 bits per heavy atom. The molecule has 1 aliphatic heterocycles. The fraction of sp³-hybridized carbons (Fsp3) is 0.391. The predicted molar refractivity (Wildman–Crippen MR) is 137 cm³/mol. The number of halogens is 2. The maximum Gasteiger partial charge on any atom is 0.229 e. The van der Waals surface area contributed by atoms with E-state index >= 15 is 0 Å². The number of fused-ring (bicyclic) bond motifs is 1. The number of anilines is 1. The van der Waals surface area contributed by atoms with Gasteiger partial charge < -0.3 is 4.74 Å². The summed E-state index contributed by atoms with van der Waals surface area (Å²) in [5.74, 6) is -0.578. The maximum atomic E-state index is 13.3. The number of hydrogen-bond acceptors (Lipinski definition) is 7. The van der Waals surface area contributed by atoms with Gasteiger partial charge in [-0.1, -0.05) is 34.5 Å². The number of sulfone groups is 1. The second-order valence-corrected chi connectivity index (χ2v) is 12.1. The zero-order valence-electron chi connectivity index (χ0n) is 18.7. The molecule has 0 atom stereocenters. The van der Waals surface area contributed by atoms with Crippen LogP contribution in [0.25, 0.3) is 10.2 Å². The van der Waals surface area contributed by atoms with E-state index in [9.17, 15) is 13.2 Å². The van der Waals surface area contributed by atoms with Crippen LogP contribution in [-0.4, -0.2) is 69.4 Å². The normalized spacial score (nSPS) is 15.0. The lowest BCUT2D eigenvalue weighted by molar-refractivity contribution is -0.118. The standard InChI is InChI=1S/C23H25Cl2N3O4S2/c1-16-14-18(25)15-20-22(16)26-23(33-20)28(8-7-27-9-11-32-12-10-27)21(29)6-13-34(30,31)19-4-2-17(24)3-5-19/h2-5,14-15H,6-13H2,1H3. The van der Waals surface area contributed by atoms with Crippen molar-refractivity contribution in [3.8, 4) is 0 Å². The molecule has 0 N–H and O–H groups in total. The average molecular weight is 543 g/mol. The lowest BCUT2D eigenvalue weighted by atomic mass is 10.2.